The maximum Gasteiger partial charge on any atom is 0.345 e. The molecule has 0 aliphatic rings. The fraction of sp³-hybridized carbons (Fsp3) is 0.188. The maximum absolute atomic E-state index is 12.1. The first kappa shape index (κ1) is 14.5. The molecule has 0 N–H and O–H groups in total. The van der Waals surface area contributed by atoms with Crippen LogP contribution in [0.25, 0.3) is 22.2 Å². The van der Waals surface area contributed by atoms with Crippen molar-refractivity contribution in [3.05, 3.63) is 51.1 Å². The number of esters is 1. The van der Waals surface area contributed by atoms with E-state index in [-0.39, 0.29) is 12.4 Å². The Hall–Kier alpha value is -2.47. The number of aromatic nitrogens is 1. The topological polar surface area (TPSA) is 69.4 Å². The summed E-state index contributed by atoms with van der Waals surface area (Å²) in [6.07, 6.45) is 0.109. The maximum atomic E-state index is 12.1. The Kier molecular flexibility index (Phi) is 4.02. The van der Waals surface area contributed by atoms with Gasteiger partial charge in [0.25, 0.3) is 0 Å². The molecule has 2 heterocycles. The molecule has 0 aliphatic carbocycles. The molecule has 22 heavy (non-hydrogen) atoms. The molecule has 0 saturated heterocycles. The van der Waals surface area contributed by atoms with Gasteiger partial charge in [-0.2, -0.15) is 0 Å². The molecule has 1 aromatic carbocycles. The number of hydrogen-bond acceptors (Lipinski definition) is 6. The number of carbonyl (C=O) groups is 1. The van der Waals surface area contributed by atoms with Crippen molar-refractivity contribution < 1.29 is 13.9 Å². The predicted molar refractivity (Wildman–Crippen MR) is 83.9 cm³/mol. The van der Waals surface area contributed by atoms with E-state index in [0.717, 1.165) is 5.39 Å². The average molecular weight is 315 g/mol. The largest absolute Gasteiger partial charge is 0.466 e. The molecule has 0 bridgehead atoms. The molecule has 3 rings (SSSR count). The van der Waals surface area contributed by atoms with Crippen molar-refractivity contribution in [2.45, 2.75) is 13.3 Å². The van der Waals surface area contributed by atoms with Crippen molar-refractivity contribution >= 4 is 28.3 Å². The third-order valence-electron chi connectivity index (χ3n) is 3.07. The SMILES string of the molecule is CCOC(=O)Cc1nc(-c2cc3ccccc3oc2=O)cs1. The van der Waals surface area contributed by atoms with Crippen LogP contribution < -0.4 is 5.63 Å². The molecule has 0 atom stereocenters. The van der Waals surface area contributed by atoms with E-state index in [1.54, 1.807) is 24.4 Å². The first-order chi connectivity index (χ1) is 10.7. The van der Waals surface area contributed by atoms with E-state index in [1.165, 1.54) is 11.3 Å². The number of carbonyl (C=O) groups excluding carboxylic acids is 1. The number of para-hydroxylation sites is 1. The minimum atomic E-state index is -0.438. The molecule has 5 nitrogen and oxygen atoms in total. The number of thiazole rings is 1. The summed E-state index contributed by atoms with van der Waals surface area (Å²) in [6, 6.07) is 9.05. The van der Waals surface area contributed by atoms with E-state index in [1.807, 2.05) is 18.2 Å². The Labute approximate surface area is 130 Å². The fourth-order valence-electron chi connectivity index (χ4n) is 2.09. The first-order valence-electron chi connectivity index (χ1n) is 6.80. The Morgan fingerprint density at radius 2 is 2.18 bits per heavy atom. The molecule has 2 aromatic heterocycles. The highest BCUT2D eigenvalue weighted by molar-refractivity contribution is 7.10. The fourth-order valence-corrected chi connectivity index (χ4v) is 2.87. The highest BCUT2D eigenvalue weighted by Crippen LogP contribution is 2.23. The van der Waals surface area contributed by atoms with Crippen molar-refractivity contribution in [3.63, 3.8) is 0 Å². The lowest BCUT2D eigenvalue weighted by atomic mass is 10.1. The Morgan fingerprint density at radius 1 is 1.36 bits per heavy atom. The van der Waals surface area contributed by atoms with Gasteiger partial charge in [-0.1, -0.05) is 18.2 Å². The van der Waals surface area contributed by atoms with Crippen LogP contribution in [0.2, 0.25) is 0 Å². The number of hydrogen-bond donors (Lipinski definition) is 0. The van der Waals surface area contributed by atoms with Crippen LogP contribution in [0.1, 0.15) is 11.9 Å². The van der Waals surface area contributed by atoms with Crippen LogP contribution in [0.4, 0.5) is 0 Å². The monoisotopic (exact) mass is 315 g/mol. The highest BCUT2D eigenvalue weighted by Gasteiger charge is 2.13. The van der Waals surface area contributed by atoms with Gasteiger partial charge in [-0.3, -0.25) is 4.79 Å². The van der Waals surface area contributed by atoms with Gasteiger partial charge in [0.05, 0.1) is 24.3 Å². The second-order valence-electron chi connectivity index (χ2n) is 4.59. The van der Waals surface area contributed by atoms with Gasteiger partial charge in [0.1, 0.15) is 10.6 Å². The molecule has 3 aromatic rings. The molecule has 0 fully saturated rings. The number of fused-ring (bicyclic) bond motifs is 1. The van der Waals surface area contributed by atoms with Gasteiger partial charge in [0, 0.05) is 10.8 Å². The molecule has 0 saturated carbocycles. The second kappa shape index (κ2) is 6.11. The Bertz CT molecular complexity index is 881. The van der Waals surface area contributed by atoms with E-state index in [9.17, 15) is 9.59 Å². The van der Waals surface area contributed by atoms with Crippen LogP contribution >= 0.6 is 11.3 Å². The molecule has 0 aliphatic heterocycles. The molecular weight excluding hydrogens is 302 g/mol. The lowest BCUT2D eigenvalue weighted by molar-refractivity contribution is -0.142. The summed E-state index contributed by atoms with van der Waals surface area (Å²) in [5, 5.41) is 3.19. The van der Waals surface area contributed by atoms with Crippen LogP contribution in [-0.2, 0) is 16.0 Å². The van der Waals surface area contributed by atoms with E-state index >= 15 is 0 Å². The standard InChI is InChI=1S/C16H13NO4S/c1-2-20-15(18)8-14-17-12(9-22-14)11-7-10-5-3-4-6-13(10)21-16(11)19/h3-7,9H,2,8H2,1H3. The zero-order chi connectivity index (χ0) is 15.5. The molecule has 0 spiro atoms. The quantitative estimate of drug-likeness (QED) is 0.547. The highest BCUT2D eigenvalue weighted by atomic mass is 32.1. The van der Waals surface area contributed by atoms with E-state index in [0.29, 0.717) is 28.5 Å². The van der Waals surface area contributed by atoms with Gasteiger partial charge in [-0.25, -0.2) is 9.78 Å². The molecule has 0 amide bonds. The van der Waals surface area contributed by atoms with E-state index in [4.69, 9.17) is 9.15 Å². The zero-order valence-corrected chi connectivity index (χ0v) is 12.7. The summed E-state index contributed by atoms with van der Waals surface area (Å²) in [5.41, 5.74) is 1.01. The normalized spacial score (nSPS) is 10.8. The van der Waals surface area contributed by atoms with Crippen molar-refractivity contribution in [1.29, 1.82) is 0 Å². The summed E-state index contributed by atoms with van der Waals surface area (Å²) in [5.74, 6) is -0.325. The van der Waals surface area contributed by atoms with Crippen molar-refractivity contribution in [2.75, 3.05) is 6.61 Å². The van der Waals surface area contributed by atoms with Gasteiger partial charge < -0.3 is 9.15 Å². The summed E-state index contributed by atoms with van der Waals surface area (Å²) in [6.45, 7) is 2.09. The van der Waals surface area contributed by atoms with Crippen LogP contribution in [0, 0.1) is 0 Å². The van der Waals surface area contributed by atoms with Crippen LogP contribution in [-0.4, -0.2) is 17.6 Å². The van der Waals surface area contributed by atoms with E-state index < -0.39 is 5.63 Å². The zero-order valence-electron chi connectivity index (χ0n) is 11.9. The lowest BCUT2D eigenvalue weighted by Crippen LogP contribution is -2.07. The van der Waals surface area contributed by atoms with Crippen LogP contribution in [0.3, 0.4) is 0 Å². The van der Waals surface area contributed by atoms with E-state index in [2.05, 4.69) is 4.98 Å². The van der Waals surface area contributed by atoms with Gasteiger partial charge in [0.2, 0.25) is 0 Å². The lowest BCUT2D eigenvalue weighted by Gasteiger charge is -1.99. The number of benzene rings is 1. The first-order valence-corrected chi connectivity index (χ1v) is 7.68. The van der Waals surface area contributed by atoms with Crippen LogP contribution in [0.5, 0.6) is 0 Å². The Morgan fingerprint density at radius 3 is 3.00 bits per heavy atom. The summed E-state index contributed by atoms with van der Waals surface area (Å²) in [4.78, 5) is 27.9. The smallest absolute Gasteiger partial charge is 0.345 e. The third kappa shape index (κ3) is 2.92. The molecule has 6 heteroatoms. The molecule has 0 radical (unpaired) electrons. The van der Waals surface area contributed by atoms with Crippen molar-refractivity contribution in [2.24, 2.45) is 0 Å². The predicted octanol–water partition coefficient (Wildman–Crippen LogP) is 3.02. The number of nitrogens with zero attached hydrogens (tertiary/aromatic N) is 1. The third-order valence-corrected chi connectivity index (χ3v) is 3.92. The second-order valence-corrected chi connectivity index (χ2v) is 5.54. The van der Waals surface area contributed by atoms with Gasteiger partial charge in [-0.15, -0.1) is 11.3 Å². The van der Waals surface area contributed by atoms with Crippen LogP contribution in [0.15, 0.2) is 44.9 Å². The minimum absolute atomic E-state index is 0.109. The van der Waals surface area contributed by atoms with Crippen molar-refractivity contribution in [1.82, 2.24) is 4.98 Å². The molecule has 112 valence electrons. The van der Waals surface area contributed by atoms with Crippen molar-refractivity contribution in [3.8, 4) is 11.3 Å². The Balaban J connectivity index is 1.94. The minimum Gasteiger partial charge on any atom is -0.466 e. The number of rotatable bonds is 4. The summed E-state index contributed by atoms with van der Waals surface area (Å²) >= 11 is 1.32. The summed E-state index contributed by atoms with van der Waals surface area (Å²) in [7, 11) is 0. The van der Waals surface area contributed by atoms with Gasteiger partial charge in [0.15, 0.2) is 0 Å². The summed E-state index contributed by atoms with van der Waals surface area (Å²) < 4.78 is 10.2. The molecular formula is C16H13NO4S. The van der Waals surface area contributed by atoms with Gasteiger partial charge >= 0.3 is 11.6 Å². The van der Waals surface area contributed by atoms with Gasteiger partial charge in [-0.05, 0) is 19.1 Å². The average Bonchev–Trinajstić information content (AvgIpc) is 2.95. The number of ether oxygens (including phenoxy) is 1. The molecule has 0 unspecified atom stereocenters.